The van der Waals surface area contributed by atoms with Crippen molar-refractivity contribution in [1.29, 1.82) is 0 Å². The Morgan fingerprint density at radius 3 is 2.56 bits per heavy atom. The predicted octanol–water partition coefficient (Wildman–Crippen LogP) is 2.00. The second-order valence-electron chi connectivity index (χ2n) is 8.57. The highest BCUT2D eigenvalue weighted by Crippen LogP contribution is 2.25. The number of pyridine rings is 1. The van der Waals surface area contributed by atoms with Crippen molar-refractivity contribution in [2.24, 2.45) is 0 Å². The highest BCUT2D eigenvalue weighted by atomic mass is 16.5. The van der Waals surface area contributed by atoms with E-state index in [-0.39, 0.29) is 18.4 Å². The third kappa shape index (κ3) is 5.37. The zero-order valence-electron chi connectivity index (χ0n) is 18.9. The van der Waals surface area contributed by atoms with Crippen LogP contribution < -0.4 is 14.5 Å². The smallest absolute Gasteiger partial charge is 0.260 e. The monoisotopic (exact) mass is 437 g/mol. The maximum absolute atomic E-state index is 12.7. The molecule has 170 valence electrons. The molecule has 2 amide bonds. The summed E-state index contributed by atoms with van der Waals surface area (Å²) in [5, 5.41) is 0. The van der Waals surface area contributed by atoms with E-state index in [1.165, 1.54) is 5.56 Å². The lowest BCUT2D eigenvalue weighted by Crippen LogP contribution is -2.50. The van der Waals surface area contributed by atoms with Gasteiger partial charge in [-0.1, -0.05) is 12.1 Å². The lowest BCUT2D eigenvalue weighted by atomic mass is 10.2. The van der Waals surface area contributed by atoms with Crippen molar-refractivity contribution in [3.8, 4) is 5.75 Å². The predicted molar refractivity (Wildman–Crippen MR) is 124 cm³/mol. The van der Waals surface area contributed by atoms with Crippen LogP contribution in [0.25, 0.3) is 0 Å². The molecule has 8 nitrogen and oxygen atoms in total. The number of rotatable bonds is 7. The highest BCUT2D eigenvalue weighted by molar-refractivity contribution is 5.95. The quantitative estimate of drug-likeness (QED) is 0.660. The molecule has 1 aromatic heterocycles. The number of hydrogen-bond donors (Lipinski definition) is 0. The van der Waals surface area contributed by atoms with Crippen LogP contribution in [0, 0.1) is 0 Å². The standard InChI is InChI=1S/C24H31N5O3/c1-26(2)17-19-8-9-22(25-16-19)27-11-13-28(14-12-27)24(31)18-32-21-6-3-5-20(15-21)29-10-4-7-23(29)30/h3,5-6,8-9,15-16H,4,7,10-14,17-18H2,1-2H3. The third-order valence-corrected chi connectivity index (χ3v) is 5.83. The molecule has 2 aromatic rings. The van der Waals surface area contributed by atoms with Crippen LogP contribution in [0.3, 0.4) is 0 Å². The molecule has 0 aliphatic carbocycles. The first kappa shape index (κ1) is 22.1. The van der Waals surface area contributed by atoms with E-state index in [9.17, 15) is 9.59 Å². The van der Waals surface area contributed by atoms with E-state index in [4.69, 9.17) is 4.74 Å². The molecule has 2 aliphatic heterocycles. The highest BCUT2D eigenvalue weighted by Gasteiger charge is 2.23. The van der Waals surface area contributed by atoms with Gasteiger partial charge in [-0.25, -0.2) is 4.98 Å². The van der Waals surface area contributed by atoms with Gasteiger partial charge in [-0.3, -0.25) is 9.59 Å². The van der Waals surface area contributed by atoms with E-state index in [1.807, 2.05) is 49.5 Å². The van der Waals surface area contributed by atoms with Crippen LogP contribution in [0.5, 0.6) is 5.75 Å². The molecular formula is C24H31N5O3. The van der Waals surface area contributed by atoms with Crippen LogP contribution in [-0.4, -0.2) is 80.0 Å². The average molecular weight is 438 g/mol. The topological polar surface area (TPSA) is 69.2 Å². The number of carbonyl (C=O) groups excluding carboxylic acids is 2. The lowest BCUT2D eigenvalue weighted by molar-refractivity contribution is -0.133. The van der Waals surface area contributed by atoms with Gasteiger partial charge in [-0.15, -0.1) is 0 Å². The zero-order chi connectivity index (χ0) is 22.5. The average Bonchev–Trinajstić information content (AvgIpc) is 3.24. The first-order valence-corrected chi connectivity index (χ1v) is 11.2. The number of amides is 2. The van der Waals surface area contributed by atoms with Gasteiger partial charge < -0.3 is 24.3 Å². The molecule has 3 heterocycles. The zero-order valence-corrected chi connectivity index (χ0v) is 18.9. The second-order valence-corrected chi connectivity index (χ2v) is 8.57. The molecule has 8 heteroatoms. The van der Waals surface area contributed by atoms with Crippen LogP contribution in [0.2, 0.25) is 0 Å². The van der Waals surface area contributed by atoms with Crippen molar-refractivity contribution >= 4 is 23.3 Å². The van der Waals surface area contributed by atoms with Crippen LogP contribution >= 0.6 is 0 Å². The summed E-state index contributed by atoms with van der Waals surface area (Å²) in [7, 11) is 4.08. The molecule has 0 bridgehead atoms. The van der Waals surface area contributed by atoms with Gasteiger partial charge in [0.25, 0.3) is 5.91 Å². The molecule has 4 rings (SSSR count). The third-order valence-electron chi connectivity index (χ3n) is 5.83. The van der Waals surface area contributed by atoms with Crippen LogP contribution in [-0.2, 0) is 16.1 Å². The Bertz CT molecular complexity index is 939. The summed E-state index contributed by atoms with van der Waals surface area (Å²) in [6, 6.07) is 11.6. The Morgan fingerprint density at radius 1 is 1.09 bits per heavy atom. The number of ether oxygens (including phenoxy) is 1. The Kier molecular flexibility index (Phi) is 6.90. The van der Waals surface area contributed by atoms with Crippen LogP contribution in [0.1, 0.15) is 18.4 Å². The molecule has 32 heavy (non-hydrogen) atoms. The molecule has 0 unspecified atom stereocenters. The van der Waals surface area contributed by atoms with Gasteiger partial charge in [0.1, 0.15) is 11.6 Å². The molecule has 0 spiro atoms. The van der Waals surface area contributed by atoms with Crippen LogP contribution in [0.15, 0.2) is 42.6 Å². The normalized spacial score (nSPS) is 16.7. The summed E-state index contributed by atoms with van der Waals surface area (Å²) >= 11 is 0. The molecular weight excluding hydrogens is 406 g/mol. The SMILES string of the molecule is CN(C)Cc1ccc(N2CCN(C(=O)COc3cccc(N4CCCC4=O)c3)CC2)nc1. The summed E-state index contributed by atoms with van der Waals surface area (Å²) in [6.07, 6.45) is 3.39. The van der Waals surface area contributed by atoms with Gasteiger partial charge >= 0.3 is 0 Å². The van der Waals surface area contributed by atoms with Gasteiger partial charge in [-0.2, -0.15) is 0 Å². The maximum Gasteiger partial charge on any atom is 0.260 e. The van der Waals surface area contributed by atoms with E-state index in [1.54, 1.807) is 4.90 Å². The van der Waals surface area contributed by atoms with Crippen LogP contribution in [0.4, 0.5) is 11.5 Å². The van der Waals surface area contributed by atoms with E-state index < -0.39 is 0 Å². The number of nitrogens with zero attached hydrogens (tertiary/aromatic N) is 5. The van der Waals surface area contributed by atoms with Gasteiger partial charge in [0.15, 0.2) is 6.61 Å². The molecule has 1 aromatic carbocycles. The van der Waals surface area contributed by atoms with Gasteiger partial charge in [0.2, 0.25) is 5.91 Å². The Morgan fingerprint density at radius 2 is 1.91 bits per heavy atom. The Balaban J connectivity index is 1.26. The van der Waals surface area contributed by atoms with Gasteiger partial charge in [0, 0.05) is 63.6 Å². The van der Waals surface area contributed by atoms with Crippen molar-refractivity contribution in [2.45, 2.75) is 19.4 Å². The first-order chi connectivity index (χ1) is 15.5. The van der Waals surface area contributed by atoms with E-state index in [2.05, 4.69) is 26.9 Å². The molecule has 0 N–H and O–H groups in total. The molecule has 0 radical (unpaired) electrons. The number of aromatic nitrogens is 1. The number of carbonyl (C=O) groups is 2. The molecule has 2 saturated heterocycles. The largest absolute Gasteiger partial charge is 0.484 e. The summed E-state index contributed by atoms with van der Waals surface area (Å²) in [5.41, 5.74) is 2.01. The number of anilines is 2. The molecule has 0 atom stereocenters. The van der Waals surface area contributed by atoms with Gasteiger partial charge in [-0.05, 0) is 44.3 Å². The van der Waals surface area contributed by atoms with Crippen molar-refractivity contribution in [1.82, 2.24) is 14.8 Å². The maximum atomic E-state index is 12.7. The minimum atomic E-state index is -0.0263. The molecule has 2 fully saturated rings. The summed E-state index contributed by atoms with van der Waals surface area (Å²) in [4.78, 5) is 37.1. The number of piperazine rings is 1. The fourth-order valence-corrected chi connectivity index (χ4v) is 4.15. The van der Waals surface area contributed by atoms with Crippen molar-refractivity contribution in [3.63, 3.8) is 0 Å². The summed E-state index contributed by atoms with van der Waals surface area (Å²) < 4.78 is 5.75. The minimum Gasteiger partial charge on any atom is -0.484 e. The Hall–Kier alpha value is -3.13. The van der Waals surface area contributed by atoms with Crippen molar-refractivity contribution in [3.05, 3.63) is 48.2 Å². The molecule has 2 aliphatic rings. The van der Waals surface area contributed by atoms with E-state index in [0.29, 0.717) is 25.3 Å². The second kappa shape index (κ2) is 9.99. The van der Waals surface area contributed by atoms with Gasteiger partial charge in [0.05, 0.1) is 0 Å². The van der Waals surface area contributed by atoms with Crippen molar-refractivity contribution < 1.29 is 14.3 Å². The Labute approximate surface area is 189 Å². The van der Waals surface area contributed by atoms with E-state index in [0.717, 1.165) is 44.1 Å². The fourth-order valence-electron chi connectivity index (χ4n) is 4.15. The fraction of sp³-hybridized carbons (Fsp3) is 0.458. The number of benzene rings is 1. The molecule has 0 saturated carbocycles. The summed E-state index contributed by atoms with van der Waals surface area (Å²) in [6.45, 7) is 4.38. The lowest BCUT2D eigenvalue weighted by Gasteiger charge is -2.35. The van der Waals surface area contributed by atoms with E-state index >= 15 is 0 Å². The first-order valence-electron chi connectivity index (χ1n) is 11.2. The minimum absolute atomic E-state index is 0.00508. The number of hydrogen-bond acceptors (Lipinski definition) is 6. The van der Waals surface area contributed by atoms with Crippen molar-refractivity contribution in [2.75, 3.05) is 63.2 Å². The summed E-state index contributed by atoms with van der Waals surface area (Å²) in [5.74, 6) is 1.67.